The molecule has 102 valence electrons. The lowest BCUT2D eigenvalue weighted by molar-refractivity contribution is 0.0924. The highest BCUT2D eigenvalue weighted by Gasteiger charge is 2.30. The van der Waals surface area contributed by atoms with Crippen molar-refractivity contribution in [2.45, 2.75) is 25.7 Å². The van der Waals surface area contributed by atoms with E-state index in [9.17, 15) is 4.79 Å². The van der Waals surface area contributed by atoms with E-state index in [1.54, 1.807) is 0 Å². The second-order valence-electron chi connectivity index (χ2n) is 6.01. The van der Waals surface area contributed by atoms with Crippen LogP contribution in [0.1, 0.15) is 36.0 Å². The highest BCUT2D eigenvalue weighted by atomic mass is 127. The molecule has 2 aliphatic rings. The van der Waals surface area contributed by atoms with E-state index in [1.165, 1.54) is 29.3 Å². The number of nitrogens with zero attached hydrogens (tertiary/aromatic N) is 1. The monoisotopic (exact) mass is 369 g/mol. The Kier molecular flexibility index (Phi) is 4.22. The molecule has 1 aromatic carbocycles. The predicted molar refractivity (Wildman–Crippen MR) is 85.4 cm³/mol. The summed E-state index contributed by atoms with van der Waals surface area (Å²) in [5.74, 6) is 2.00. The van der Waals surface area contributed by atoms with Gasteiger partial charge in [-0.2, -0.15) is 0 Å². The van der Waals surface area contributed by atoms with Crippen molar-refractivity contribution >= 4 is 28.4 Å². The fourth-order valence-corrected chi connectivity index (χ4v) is 2.82. The third-order valence-corrected chi connectivity index (χ3v) is 4.68. The molecule has 1 aromatic rings. The lowest BCUT2D eigenvalue weighted by Gasteiger charge is -2.21. The summed E-state index contributed by atoms with van der Waals surface area (Å²) >= 11 is 2.27. The first kappa shape index (κ1) is 13.6. The molecule has 2 aliphatic carbocycles. The molecule has 0 bridgehead atoms. The van der Waals surface area contributed by atoms with Crippen LogP contribution >= 0.6 is 22.6 Å². The number of rotatable bonds is 7. The van der Waals surface area contributed by atoms with E-state index in [4.69, 9.17) is 0 Å². The Morgan fingerprint density at radius 3 is 2.05 bits per heavy atom. The molecule has 0 aliphatic heterocycles. The van der Waals surface area contributed by atoms with E-state index in [0.717, 1.165) is 30.5 Å². The number of hydrogen-bond acceptors (Lipinski definition) is 2. The number of Topliss-reactive ketones (excluding diaryl/α,β-unsaturated/α-hetero) is 1. The zero-order valence-corrected chi connectivity index (χ0v) is 13.3. The zero-order valence-electron chi connectivity index (χ0n) is 11.1. The van der Waals surface area contributed by atoms with Crippen molar-refractivity contribution in [3.05, 3.63) is 33.4 Å². The Morgan fingerprint density at radius 1 is 1.05 bits per heavy atom. The van der Waals surface area contributed by atoms with Gasteiger partial charge in [-0.25, -0.2) is 0 Å². The van der Waals surface area contributed by atoms with E-state index < -0.39 is 0 Å². The largest absolute Gasteiger partial charge is 0.295 e. The molecule has 0 saturated heterocycles. The van der Waals surface area contributed by atoms with Gasteiger partial charge in [-0.05, 0) is 72.2 Å². The summed E-state index contributed by atoms with van der Waals surface area (Å²) in [7, 11) is 0. The molecule has 3 heteroatoms. The molecule has 2 nitrogen and oxygen atoms in total. The third-order valence-electron chi connectivity index (χ3n) is 3.96. The second-order valence-corrected chi connectivity index (χ2v) is 7.26. The molecule has 0 amide bonds. The highest BCUT2D eigenvalue weighted by Crippen LogP contribution is 2.33. The van der Waals surface area contributed by atoms with Crippen molar-refractivity contribution in [2.75, 3.05) is 19.6 Å². The van der Waals surface area contributed by atoms with E-state index in [0.29, 0.717) is 6.54 Å². The first-order valence-corrected chi connectivity index (χ1v) is 8.29. The fourth-order valence-electron chi connectivity index (χ4n) is 2.46. The number of halogens is 1. The van der Waals surface area contributed by atoms with Gasteiger partial charge in [-0.3, -0.25) is 9.69 Å². The summed E-state index contributed by atoms with van der Waals surface area (Å²) in [6.07, 6.45) is 5.44. The average molecular weight is 369 g/mol. The van der Waals surface area contributed by atoms with Crippen LogP contribution in [0, 0.1) is 15.4 Å². The quantitative estimate of drug-likeness (QED) is 0.541. The molecule has 19 heavy (non-hydrogen) atoms. The van der Waals surface area contributed by atoms with Crippen molar-refractivity contribution in [1.29, 1.82) is 0 Å². The second kappa shape index (κ2) is 5.92. The van der Waals surface area contributed by atoms with Gasteiger partial charge in [0.15, 0.2) is 5.78 Å². The van der Waals surface area contributed by atoms with E-state index in [-0.39, 0.29) is 5.78 Å². The molecule has 0 N–H and O–H groups in total. The highest BCUT2D eigenvalue weighted by molar-refractivity contribution is 14.1. The first-order chi connectivity index (χ1) is 9.20. The van der Waals surface area contributed by atoms with Gasteiger partial charge >= 0.3 is 0 Å². The van der Waals surface area contributed by atoms with Gasteiger partial charge in [0.1, 0.15) is 0 Å². The van der Waals surface area contributed by atoms with Crippen LogP contribution in [0.5, 0.6) is 0 Å². The minimum atomic E-state index is 0.276. The maximum Gasteiger partial charge on any atom is 0.176 e. The van der Waals surface area contributed by atoms with Crippen LogP contribution in [0.3, 0.4) is 0 Å². The summed E-state index contributed by atoms with van der Waals surface area (Å²) in [5.41, 5.74) is 0.858. The predicted octanol–water partition coefficient (Wildman–Crippen LogP) is 3.60. The maximum absolute atomic E-state index is 12.3. The standard InChI is InChI=1S/C16H20INO/c17-15-7-5-14(6-8-15)16(19)11-18(9-12-1-2-12)10-13-3-4-13/h5-8,12-13H,1-4,9-11H2. The van der Waals surface area contributed by atoms with E-state index in [2.05, 4.69) is 27.5 Å². The third kappa shape index (κ3) is 4.28. The summed E-state index contributed by atoms with van der Waals surface area (Å²) in [6, 6.07) is 7.94. The molecule has 2 saturated carbocycles. The molecule has 0 spiro atoms. The fraction of sp³-hybridized carbons (Fsp3) is 0.562. The topological polar surface area (TPSA) is 20.3 Å². The van der Waals surface area contributed by atoms with Gasteiger partial charge in [0.2, 0.25) is 0 Å². The number of benzene rings is 1. The van der Waals surface area contributed by atoms with Crippen LogP contribution in [0.2, 0.25) is 0 Å². The molecular weight excluding hydrogens is 349 g/mol. The van der Waals surface area contributed by atoms with Crippen LogP contribution in [0.15, 0.2) is 24.3 Å². The molecule has 2 fully saturated rings. The van der Waals surface area contributed by atoms with Crippen LogP contribution in [0.4, 0.5) is 0 Å². The molecule has 3 rings (SSSR count). The van der Waals surface area contributed by atoms with Crippen LogP contribution < -0.4 is 0 Å². The minimum absolute atomic E-state index is 0.276. The average Bonchev–Trinajstić information content (AvgIpc) is 3.26. The number of carbonyl (C=O) groups is 1. The van der Waals surface area contributed by atoms with Gasteiger partial charge in [-0.1, -0.05) is 12.1 Å². The van der Waals surface area contributed by atoms with Gasteiger partial charge in [0.25, 0.3) is 0 Å². The Hall–Kier alpha value is -0.420. The van der Waals surface area contributed by atoms with Crippen molar-refractivity contribution < 1.29 is 4.79 Å². The van der Waals surface area contributed by atoms with E-state index in [1.807, 2.05) is 24.3 Å². The summed E-state index contributed by atoms with van der Waals surface area (Å²) in [5, 5.41) is 0. The number of carbonyl (C=O) groups excluding carboxylic acids is 1. The number of hydrogen-bond donors (Lipinski definition) is 0. The van der Waals surface area contributed by atoms with Crippen molar-refractivity contribution in [1.82, 2.24) is 4.90 Å². The zero-order chi connectivity index (χ0) is 13.2. The lowest BCUT2D eigenvalue weighted by Crippen LogP contribution is -2.33. The smallest absolute Gasteiger partial charge is 0.176 e. The Bertz CT molecular complexity index is 434. The lowest BCUT2D eigenvalue weighted by atomic mass is 10.1. The summed E-state index contributed by atoms with van der Waals surface area (Å²) < 4.78 is 1.18. The SMILES string of the molecule is O=C(CN(CC1CC1)CC1CC1)c1ccc(I)cc1. The van der Waals surface area contributed by atoms with Gasteiger partial charge in [0.05, 0.1) is 6.54 Å². The summed E-state index contributed by atoms with van der Waals surface area (Å²) in [4.78, 5) is 14.7. The van der Waals surface area contributed by atoms with Crippen LogP contribution in [0.25, 0.3) is 0 Å². The molecule has 0 unspecified atom stereocenters. The maximum atomic E-state index is 12.3. The molecular formula is C16H20INO. The van der Waals surface area contributed by atoms with Gasteiger partial charge in [0, 0.05) is 22.2 Å². The summed E-state index contributed by atoms with van der Waals surface area (Å²) in [6.45, 7) is 2.87. The van der Waals surface area contributed by atoms with E-state index >= 15 is 0 Å². The Labute approximate surface area is 128 Å². The van der Waals surface area contributed by atoms with Crippen LogP contribution in [-0.4, -0.2) is 30.3 Å². The van der Waals surface area contributed by atoms with Crippen molar-refractivity contribution in [2.24, 2.45) is 11.8 Å². The molecule has 0 heterocycles. The Morgan fingerprint density at radius 2 is 1.58 bits per heavy atom. The van der Waals surface area contributed by atoms with Crippen molar-refractivity contribution in [3.8, 4) is 0 Å². The first-order valence-electron chi connectivity index (χ1n) is 7.22. The molecule has 0 radical (unpaired) electrons. The molecule has 0 atom stereocenters. The van der Waals surface area contributed by atoms with Gasteiger partial charge in [-0.15, -0.1) is 0 Å². The Balaban J connectivity index is 1.59. The minimum Gasteiger partial charge on any atom is -0.295 e. The molecule has 0 aromatic heterocycles. The normalized spacial score (nSPS) is 18.8. The number of ketones is 1. The van der Waals surface area contributed by atoms with Crippen LogP contribution in [-0.2, 0) is 0 Å². The van der Waals surface area contributed by atoms with Crippen molar-refractivity contribution in [3.63, 3.8) is 0 Å². The van der Waals surface area contributed by atoms with Gasteiger partial charge < -0.3 is 0 Å².